The second kappa shape index (κ2) is 4.99. The first-order valence-electron chi connectivity index (χ1n) is 7.45. The molecule has 1 unspecified atom stereocenters. The minimum absolute atomic E-state index is 0.0908. The lowest BCUT2D eigenvalue weighted by Crippen LogP contribution is -2.35. The predicted molar refractivity (Wildman–Crippen MR) is 88.2 cm³/mol. The second-order valence-corrected chi connectivity index (χ2v) is 6.87. The Balaban J connectivity index is 2.03. The summed E-state index contributed by atoms with van der Waals surface area (Å²) >= 11 is 3.62. The van der Waals surface area contributed by atoms with E-state index in [2.05, 4.69) is 15.9 Å². The highest BCUT2D eigenvalue weighted by Gasteiger charge is 2.49. The number of ether oxygens (including phenoxy) is 2. The van der Waals surface area contributed by atoms with Crippen LogP contribution in [0.1, 0.15) is 29.5 Å². The smallest absolute Gasteiger partial charge is 0.312 e. The van der Waals surface area contributed by atoms with Gasteiger partial charge in [0, 0.05) is 27.1 Å². The fraction of sp³-hybridized carbons (Fsp3) is 0.278. The van der Waals surface area contributed by atoms with E-state index in [-0.39, 0.29) is 18.1 Å². The van der Waals surface area contributed by atoms with Gasteiger partial charge in [0.05, 0.1) is 13.5 Å². The van der Waals surface area contributed by atoms with E-state index in [1.807, 2.05) is 18.2 Å². The first kappa shape index (κ1) is 14.6. The highest BCUT2D eigenvalue weighted by Crippen LogP contribution is 2.56. The number of halogens is 1. The van der Waals surface area contributed by atoms with E-state index in [1.54, 1.807) is 13.2 Å². The Kier molecular flexibility index (Phi) is 3.17. The van der Waals surface area contributed by atoms with Crippen LogP contribution in [0.25, 0.3) is 0 Å². The fourth-order valence-corrected chi connectivity index (χ4v) is 4.47. The number of hydrogen-bond donors (Lipinski definition) is 1. The third-order valence-corrected chi connectivity index (χ3v) is 5.61. The number of phenolic OH excluding ortho intramolecular Hbond substituents is 1. The molecule has 1 heterocycles. The van der Waals surface area contributed by atoms with E-state index in [0.717, 1.165) is 34.2 Å². The van der Waals surface area contributed by atoms with Gasteiger partial charge in [-0.2, -0.15) is 0 Å². The molecule has 1 aliphatic carbocycles. The lowest BCUT2D eigenvalue weighted by atomic mass is 9.71. The van der Waals surface area contributed by atoms with Crippen molar-refractivity contribution in [3.8, 4) is 17.2 Å². The highest BCUT2D eigenvalue weighted by molar-refractivity contribution is 9.10. The Morgan fingerprint density at radius 1 is 1.30 bits per heavy atom. The van der Waals surface area contributed by atoms with Crippen LogP contribution in [0.15, 0.2) is 34.8 Å². The zero-order chi connectivity index (χ0) is 16.2. The number of rotatable bonds is 1. The van der Waals surface area contributed by atoms with Crippen LogP contribution in [0.4, 0.5) is 0 Å². The molecule has 0 saturated heterocycles. The van der Waals surface area contributed by atoms with E-state index < -0.39 is 5.41 Å². The molecule has 0 radical (unpaired) electrons. The van der Waals surface area contributed by atoms with E-state index in [1.165, 1.54) is 11.6 Å². The zero-order valence-electron chi connectivity index (χ0n) is 12.6. The van der Waals surface area contributed by atoms with Crippen LogP contribution in [0.2, 0.25) is 0 Å². The molecule has 23 heavy (non-hydrogen) atoms. The molecule has 1 aliphatic heterocycles. The number of esters is 1. The standard InChI is InChI=1S/C18H15BrO4/c1-22-14-5-4-13(19)11-6-7-18(17(11)14)9-16(21)23-15-8-10(20)2-3-12(15)18/h2-5,8,20H,6-7,9H2,1H3. The average molecular weight is 375 g/mol. The summed E-state index contributed by atoms with van der Waals surface area (Å²) in [6.45, 7) is 0. The van der Waals surface area contributed by atoms with Crippen molar-refractivity contribution in [2.75, 3.05) is 7.11 Å². The third-order valence-electron chi connectivity index (χ3n) is 4.87. The molecule has 0 fully saturated rings. The lowest BCUT2D eigenvalue weighted by Gasteiger charge is -2.36. The van der Waals surface area contributed by atoms with Gasteiger partial charge >= 0.3 is 5.97 Å². The summed E-state index contributed by atoms with van der Waals surface area (Å²) < 4.78 is 12.0. The molecule has 5 heteroatoms. The van der Waals surface area contributed by atoms with Crippen molar-refractivity contribution >= 4 is 21.9 Å². The van der Waals surface area contributed by atoms with Gasteiger partial charge in [-0.3, -0.25) is 4.79 Å². The van der Waals surface area contributed by atoms with E-state index in [9.17, 15) is 9.90 Å². The molecular formula is C18H15BrO4. The second-order valence-electron chi connectivity index (χ2n) is 6.02. The SMILES string of the molecule is COc1ccc(Br)c2c1C1(CC2)CC(=O)Oc2cc(O)ccc21. The maximum absolute atomic E-state index is 12.2. The third kappa shape index (κ3) is 1.99. The van der Waals surface area contributed by atoms with Gasteiger partial charge in [0.25, 0.3) is 0 Å². The fourth-order valence-electron chi connectivity index (χ4n) is 3.94. The van der Waals surface area contributed by atoms with Gasteiger partial charge in [-0.25, -0.2) is 0 Å². The van der Waals surface area contributed by atoms with Crippen LogP contribution in [-0.2, 0) is 16.6 Å². The first-order chi connectivity index (χ1) is 11.0. The number of hydrogen-bond acceptors (Lipinski definition) is 4. The van der Waals surface area contributed by atoms with Gasteiger partial charge < -0.3 is 14.6 Å². The summed E-state index contributed by atoms with van der Waals surface area (Å²) in [5.41, 5.74) is 2.71. The first-order valence-corrected chi connectivity index (χ1v) is 8.24. The van der Waals surface area contributed by atoms with Gasteiger partial charge in [0.1, 0.15) is 17.2 Å². The quantitative estimate of drug-likeness (QED) is 0.610. The lowest BCUT2D eigenvalue weighted by molar-refractivity contribution is -0.136. The average Bonchev–Trinajstić information content (AvgIpc) is 2.88. The monoisotopic (exact) mass is 374 g/mol. The van der Waals surface area contributed by atoms with Crippen molar-refractivity contribution in [2.24, 2.45) is 0 Å². The number of phenols is 1. The van der Waals surface area contributed by atoms with Crippen LogP contribution in [-0.4, -0.2) is 18.2 Å². The topological polar surface area (TPSA) is 55.8 Å². The molecule has 2 aromatic rings. The van der Waals surface area contributed by atoms with Gasteiger partial charge in [-0.05, 0) is 36.6 Å². The molecule has 0 saturated carbocycles. The summed E-state index contributed by atoms with van der Waals surface area (Å²) in [5, 5.41) is 9.72. The molecule has 2 aliphatic rings. The molecule has 1 spiro atoms. The van der Waals surface area contributed by atoms with E-state index in [0.29, 0.717) is 5.75 Å². The number of fused-ring (bicyclic) bond motifs is 4. The van der Waals surface area contributed by atoms with Crippen molar-refractivity contribution in [3.05, 3.63) is 51.5 Å². The molecule has 1 atom stereocenters. The number of methoxy groups -OCH3 is 1. The maximum Gasteiger partial charge on any atom is 0.312 e. The Morgan fingerprint density at radius 3 is 2.91 bits per heavy atom. The van der Waals surface area contributed by atoms with Crippen molar-refractivity contribution in [3.63, 3.8) is 0 Å². The molecule has 0 bridgehead atoms. The molecular weight excluding hydrogens is 360 g/mol. The van der Waals surface area contributed by atoms with E-state index in [4.69, 9.17) is 9.47 Å². The molecule has 2 aromatic carbocycles. The number of carbonyl (C=O) groups is 1. The Bertz CT molecular complexity index is 830. The molecule has 0 amide bonds. The summed E-state index contributed by atoms with van der Waals surface area (Å²) in [4.78, 5) is 12.2. The molecule has 1 N–H and O–H groups in total. The van der Waals surface area contributed by atoms with Gasteiger partial charge in [-0.15, -0.1) is 0 Å². The molecule has 4 rings (SSSR count). The van der Waals surface area contributed by atoms with Gasteiger partial charge in [0.2, 0.25) is 0 Å². The summed E-state index contributed by atoms with van der Waals surface area (Å²) in [6, 6.07) is 8.91. The zero-order valence-corrected chi connectivity index (χ0v) is 14.1. The van der Waals surface area contributed by atoms with Crippen LogP contribution >= 0.6 is 15.9 Å². The predicted octanol–water partition coefficient (Wildman–Crippen LogP) is 3.70. The number of benzene rings is 2. The minimum Gasteiger partial charge on any atom is -0.508 e. The Hall–Kier alpha value is -2.01. The van der Waals surface area contributed by atoms with Crippen molar-refractivity contribution in [2.45, 2.75) is 24.7 Å². The number of aromatic hydroxyl groups is 1. The van der Waals surface area contributed by atoms with Gasteiger partial charge in [-0.1, -0.05) is 22.0 Å². The summed E-state index contributed by atoms with van der Waals surface area (Å²) in [7, 11) is 1.65. The highest BCUT2D eigenvalue weighted by atomic mass is 79.9. The normalized spacial score (nSPS) is 21.7. The van der Waals surface area contributed by atoms with Crippen LogP contribution < -0.4 is 9.47 Å². The Labute approximate surface area is 142 Å². The maximum atomic E-state index is 12.2. The van der Waals surface area contributed by atoms with Crippen LogP contribution in [0.5, 0.6) is 17.2 Å². The van der Waals surface area contributed by atoms with E-state index >= 15 is 0 Å². The van der Waals surface area contributed by atoms with Gasteiger partial charge in [0.15, 0.2) is 0 Å². The van der Waals surface area contributed by atoms with Crippen LogP contribution in [0.3, 0.4) is 0 Å². The number of carbonyl (C=O) groups excluding carboxylic acids is 1. The van der Waals surface area contributed by atoms with Crippen molar-refractivity contribution < 1.29 is 19.4 Å². The molecule has 0 aromatic heterocycles. The minimum atomic E-state index is -0.456. The van der Waals surface area contributed by atoms with Crippen molar-refractivity contribution in [1.82, 2.24) is 0 Å². The molecule has 4 nitrogen and oxygen atoms in total. The van der Waals surface area contributed by atoms with Crippen molar-refractivity contribution in [1.29, 1.82) is 0 Å². The van der Waals surface area contributed by atoms with Crippen LogP contribution in [0, 0.1) is 0 Å². The molecule has 118 valence electrons. The summed E-state index contributed by atoms with van der Waals surface area (Å²) in [5.74, 6) is 1.04. The summed E-state index contributed by atoms with van der Waals surface area (Å²) in [6.07, 6.45) is 1.96. The Morgan fingerprint density at radius 2 is 2.13 bits per heavy atom. The largest absolute Gasteiger partial charge is 0.508 e.